The molecule has 0 unspecified atom stereocenters. The molecule has 2 N–H and O–H groups in total. The number of thioether (sulfide) groups is 1. The van der Waals surface area contributed by atoms with E-state index in [4.69, 9.17) is 0 Å². The molecule has 1 heterocycles. The van der Waals surface area contributed by atoms with Crippen LogP contribution in [0.25, 0.3) is 11.3 Å². The second-order valence-corrected chi connectivity index (χ2v) is 8.78. The van der Waals surface area contributed by atoms with E-state index in [1.165, 1.54) is 59.5 Å². The van der Waals surface area contributed by atoms with Gasteiger partial charge in [-0.15, -0.1) is 23.1 Å². The molecule has 0 saturated carbocycles. The lowest BCUT2D eigenvalue weighted by Gasteiger charge is -2.08. The zero-order valence-corrected chi connectivity index (χ0v) is 18.7. The highest BCUT2D eigenvalue weighted by atomic mass is 32.2. The van der Waals surface area contributed by atoms with Gasteiger partial charge < -0.3 is 10.6 Å². The number of amides is 2. The summed E-state index contributed by atoms with van der Waals surface area (Å²) in [4.78, 5) is 29.8. The lowest BCUT2D eigenvalue weighted by Crippen LogP contribution is -2.14. The molecule has 5 nitrogen and oxygen atoms in total. The third-order valence-corrected chi connectivity index (χ3v) is 6.21. The Kier molecular flexibility index (Phi) is 7.11. The van der Waals surface area contributed by atoms with E-state index in [0.29, 0.717) is 22.1 Å². The molecule has 0 radical (unpaired) electrons. The maximum Gasteiger partial charge on any atom is 0.255 e. The van der Waals surface area contributed by atoms with Crippen LogP contribution in [-0.2, 0) is 4.79 Å². The summed E-state index contributed by atoms with van der Waals surface area (Å²) in [6.07, 6.45) is 0. The van der Waals surface area contributed by atoms with Crippen molar-refractivity contribution in [2.75, 3.05) is 16.4 Å². The minimum atomic E-state index is -0.410. The van der Waals surface area contributed by atoms with Crippen molar-refractivity contribution in [1.82, 2.24) is 4.98 Å². The summed E-state index contributed by atoms with van der Waals surface area (Å²) in [5.41, 5.74) is 2.34. The molecule has 0 atom stereocenters. The van der Waals surface area contributed by atoms with Crippen LogP contribution in [0.3, 0.4) is 0 Å². The van der Waals surface area contributed by atoms with Gasteiger partial charge in [-0.05, 0) is 66.7 Å². The van der Waals surface area contributed by atoms with Gasteiger partial charge in [0.15, 0.2) is 5.13 Å². The predicted octanol–water partition coefficient (Wildman–Crippen LogP) is 6.07. The zero-order valence-electron chi connectivity index (χ0n) is 17.0. The van der Waals surface area contributed by atoms with Gasteiger partial charge >= 0.3 is 0 Å². The van der Waals surface area contributed by atoms with E-state index in [1.54, 1.807) is 35.7 Å². The molecular formula is C24H17F2N3O2S2. The summed E-state index contributed by atoms with van der Waals surface area (Å²) in [7, 11) is 0. The van der Waals surface area contributed by atoms with Gasteiger partial charge in [0.1, 0.15) is 11.6 Å². The van der Waals surface area contributed by atoms with Crippen LogP contribution in [0, 0.1) is 11.6 Å². The van der Waals surface area contributed by atoms with Crippen LogP contribution in [-0.4, -0.2) is 22.6 Å². The van der Waals surface area contributed by atoms with Crippen LogP contribution in [0.2, 0.25) is 0 Å². The van der Waals surface area contributed by atoms with E-state index in [0.717, 1.165) is 10.5 Å². The SMILES string of the molecule is O=C(CSc1cccc(NC(=O)c2ccc(F)cc2)c1)Nc1nc(-c2ccc(F)cc2)cs1. The van der Waals surface area contributed by atoms with Crippen molar-refractivity contribution in [3.63, 3.8) is 0 Å². The number of hydrogen-bond donors (Lipinski definition) is 2. The topological polar surface area (TPSA) is 71.1 Å². The molecule has 0 aliphatic rings. The molecule has 9 heteroatoms. The highest BCUT2D eigenvalue weighted by Crippen LogP contribution is 2.26. The van der Waals surface area contributed by atoms with E-state index < -0.39 is 5.82 Å². The highest BCUT2D eigenvalue weighted by Gasteiger charge is 2.10. The summed E-state index contributed by atoms with van der Waals surface area (Å²) in [5, 5.41) is 7.77. The number of hydrogen-bond acceptors (Lipinski definition) is 5. The van der Waals surface area contributed by atoms with Crippen LogP contribution < -0.4 is 10.6 Å². The second-order valence-electron chi connectivity index (χ2n) is 6.87. The molecule has 0 aliphatic carbocycles. The van der Waals surface area contributed by atoms with Crippen molar-refractivity contribution < 1.29 is 18.4 Å². The molecule has 166 valence electrons. The Labute approximate surface area is 196 Å². The monoisotopic (exact) mass is 481 g/mol. The molecule has 0 fully saturated rings. The Morgan fingerprint density at radius 2 is 1.61 bits per heavy atom. The van der Waals surface area contributed by atoms with Gasteiger partial charge in [-0.1, -0.05) is 6.07 Å². The number of rotatable bonds is 7. The average Bonchev–Trinajstić information content (AvgIpc) is 3.27. The lowest BCUT2D eigenvalue weighted by molar-refractivity contribution is -0.113. The molecule has 0 aliphatic heterocycles. The smallest absolute Gasteiger partial charge is 0.255 e. The number of benzene rings is 3. The van der Waals surface area contributed by atoms with Crippen molar-refractivity contribution in [2.24, 2.45) is 0 Å². The molecule has 0 spiro atoms. The van der Waals surface area contributed by atoms with E-state index in [1.807, 2.05) is 6.07 Å². The average molecular weight is 482 g/mol. The third-order valence-electron chi connectivity index (χ3n) is 4.46. The molecule has 1 aromatic heterocycles. The van der Waals surface area contributed by atoms with Crippen molar-refractivity contribution >= 4 is 45.7 Å². The molecule has 4 rings (SSSR count). The van der Waals surface area contributed by atoms with Crippen LogP contribution in [0.15, 0.2) is 83.1 Å². The van der Waals surface area contributed by atoms with Gasteiger partial charge in [0, 0.05) is 27.1 Å². The van der Waals surface area contributed by atoms with Crippen LogP contribution >= 0.6 is 23.1 Å². The molecule has 33 heavy (non-hydrogen) atoms. The molecule has 0 saturated heterocycles. The maximum absolute atomic E-state index is 13.1. The fraction of sp³-hybridized carbons (Fsp3) is 0.0417. The van der Waals surface area contributed by atoms with Crippen molar-refractivity contribution in [1.29, 1.82) is 0 Å². The first-order valence-electron chi connectivity index (χ1n) is 9.77. The molecule has 0 bridgehead atoms. The number of anilines is 2. The Bertz CT molecular complexity index is 1280. The number of carbonyl (C=O) groups is 2. The standard InChI is InChI=1S/C24H17F2N3O2S2/c25-17-8-4-15(5-9-17)21-13-33-24(28-21)29-22(30)14-32-20-3-1-2-19(12-20)27-23(31)16-6-10-18(26)11-7-16/h1-13H,14H2,(H,27,31)(H,28,29,30). The second kappa shape index (κ2) is 10.4. The predicted molar refractivity (Wildman–Crippen MR) is 128 cm³/mol. The first-order chi connectivity index (χ1) is 16.0. The number of nitrogens with one attached hydrogen (secondary N) is 2. The van der Waals surface area contributed by atoms with E-state index in [2.05, 4.69) is 15.6 Å². The minimum absolute atomic E-state index is 0.154. The number of aromatic nitrogens is 1. The first-order valence-corrected chi connectivity index (χ1v) is 11.6. The number of nitrogens with zero attached hydrogens (tertiary/aromatic N) is 1. The summed E-state index contributed by atoms with van der Waals surface area (Å²) < 4.78 is 26.1. The third kappa shape index (κ3) is 6.24. The quantitative estimate of drug-likeness (QED) is 0.314. The van der Waals surface area contributed by atoms with Crippen molar-refractivity contribution in [2.45, 2.75) is 4.90 Å². The van der Waals surface area contributed by atoms with Crippen LogP contribution in [0.4, 0.5) is 19.6 Å². The maximum atomic E-state index is 13.1. The summed E-state index contributed by atoms with van der Waals surface area (Å²) >= 11 is 2.60. The van der Waals surface area contributed by atoms with E-state index >= 15 is 0 Å². The summed E-state index contributed by atoms with van der Waals surface area (Å²) in [5.74, 6) is -1.15. The highest BCUT2D eigenvalue weighted by molar-refractivity contribution is 8.00. The van der Waals surface area contributed by atoms with Crippen molar-refractivity contribution in [3.8, 4) is 11.3 Å². The number of halogens is 2. The lowest BCUT2D eigenvalue weighted by atomic mass is 10.2. The molecule has 3 aromatic carbocycles. The largest absolute Gasteiger partial charge is 0.322 e. The Hall–Kier alpha value is -3.56. The summed E-state index contributed by atoms with van der Waals surface area (Å²) in [6, 6.07) is 18.4. The van der Waals surface area contributed by atoms with Gasteiger partial charge in [-0.25, -0.2) is 13.8 Å². The van der Waals surface area contributed by atoms with Crippen molar-refractivity contribution in [3.05, 3.63) is 95.4 Å². The minimum Gasteiger partial charge on any atom is -0.322 e. The molecule has 4 aromatic rings. The normalized spacial score (nSPS) is 10.6. The zero-order chi connectivity index (χ0) is 23.2. The van der Waals surface area contributed by atoms with Crippen LogP contribution in [0.5, 0.6) is 0 Å². The Morgan fingerprint density at radius 3 is 2.33 bits per heavy atom. The van der Waals surface area contributed by atoms with E-state index in [-0.39, 0.29) is 23.4 Å². The fourth-order valence-corrected chi connectivity index (χ4v) is 4.35. The van der Waals surface area contributed by atoms with Crippen LogP contribution in [0.1, 0.15) is 10.4 Å². The van der Waals surface area contributed by atoms with Gasteiger partial charge in [0.2, 0.25) is 5.91 Å². The Morgan fingerprint density at radius 1 is 0.909 bits per heavy atom. The first kappa shape index (κ1) is 22.6. The Balaban J connectivity index is 1.31. The fourth-order valence-electron chi connectivity index (χ4n) is 2.86. The summed E-state index contributed by atoms with van der Waals surface area (Å²) in [6.45, 7) is 0. The van der Waals surface area contributed by atoms with Gasteiger partial charge in [-0.2, -0.15) is 0 Å². The number of thiazole rings is 1. The van der Waals surface area contributed by atoms with Gasteiger partial charge in [0.05, 0.1) is 11.4 Å². The van der Waals surface area contributed by atoms with Gasteiger partial charge in [-0.3, -0.25) is 9.59 Å². The molecule has 2 amide bonds. The van der Waals surface area contributed by atoms with E-state index in [9.17, 15) is 18.4 Å². The van der Waals surface area contributed by atoms with Gasteiger partial charge in [0.25, 0.3) is 5.91 Å². The molecular weight excluding hydrogens is 464 g/mol. The number of carbonyl (C=O) groups excluding carboxylic acids is 2.